The van der Waals surface area contributed by atoms with Crippen LogP contribution in [0.1, 0.15) is 0 Å². The maximum atomic E-state index is 14.7. The van der Waals surface area contributed by atoms with Gasteiger partial charge in [0.25, 0.3) is 0 Å². The Morgan fingerprint density at radius 3 is 3.03 bits per heavy atom. The number of methoxy groups -OCH3 is 1. The van der Waals surface area contributed by atoms with Crippen molar-refractivity contribution in [3.63, 3.8) is 0 Å². The lowest BCUT2D eigenvalue weighted by atomic mass is 10.1. The first kappa shape index (κ1) is 23.7. The van der Waals surface area contributed by atoms with Crippen LogP contribution in [0.25, 0.3) is 10.9 Å². The van der Waals surface area contributed by atoms with E-state index in [9.17, 15) is 4.39 Å². The number of morpholine rings is 2. The first-order chi connectivity index (χ1) is 16.5. The van der Waals surface area contributed by atoms with Crippen molar-refractivity contribution in [2.75, 3.05) is 51.9 Å². The zero-order valence-corrected chi connectivity index (χ0v) is 20.9. The minimum atomic E-state index is -1.41. The van der Waals surface area contributed by atoms with Gasteiger partial charge in [-0.2, -0.15) is 0 Å². The molecule has 182 valence electrons. The molecule has 2 saturated heterocycles. The zero-order chi connectivity index (χ0) is 23.7. The van der Waals surface area contributed by atoms with Crippen LogP contribution in [-0.4, -0.2) is 85.9 Å². The van der Waals surface area contributed by atoms with Gasteiger partial charge in [0.05, 0.1) is 49.6 Å². The third kappa shape index (κ3) is 4.87. The number of anilines is 1. The van der Waals surface area contributed by atoms with E-state index in [1.165, 1.54) is 6.33 Å². The summed E-state index contributed by atoms with van der Waals surface area (Å²) in [5.74, 6) is 1.56. The fourth-order valence-corrected chi connectivity index (χ4v) is 4.88. The van der Waals surface area contributed by atoms with Gasteiger partial charge in [0.2, 0.25) is 0 Å². The summed E-state index contributed by atoms with van der Waals surface area (Å²) in [5, 5.41) is 3.91. The summed E-state index contributed by atoms with van der Waals surface area (Å²) in [6, 6.07) is 3.24. The van der Waals surface area contributed by atoms with Gasteiger partial charge in [-0.1, -0.05) is 17.7 Å². The molecule has 4 unspecified atom stereocenters. The van der Waals surface area contributed by atoms with Crippen molar-refractivity contribution >= 4 is 44.3 Å². The van der Waals surface area contributed by atoms with Crippen LogP contribution < -0.4 is 14.8 Å². The Balaban J connectivity index is 1.32. The number of halogens is 3. The molecule has 8 nitrogen and oxygen atoms in total. The summed E-state index contributed by atoms with van der Waals surface area (Å²) < 4.78 is 38.4. The number of aromatic nitrogens is 2. The lowest BCUT2D eigenvalue weighted by molar-refractivity contribution is -0.124. The predicted molar refractivity (Wildman–Crippen MR) is 131 cm³/mol. The van der Waals surface area contributed by atoms with Gasteiger partial charge in [0.1, 0.15) is 24.9 Å². The van der Waals surface area contributed by atoms with E-state index in [0.29, 0.717) is 58.6 Å². The Labute approximate surface area is 210 Å². The summed E-state index contributed by atoms with van der Waals surface area (Å²) in [6.45, 7) is 4.18. The van der Waals surface area contributed by atoms with Crippen molar-refractivity contribution in [3.05, 3.63) is 40.1 Å². The number of alkyl halides is 1. The van der Waals surface area contributed by atoms with Crippen LogP contribution in [0.15, 0.2) is 40.1 Å². The van der Waals surface area contributed by atoms with Gasteiger partial charge in [-0.15, -0.1) is 0 Å². The van der Waals surface area contributed by atoms with Crippen molar-refractivity contribution in [3.8, 4) is 11.5 Å². The Morgan fingerprint density at radius 1 is 1.29 bits per heavy atom. The average Bonchev–Trinajstić information content (AvgIpc) is 2.87. The molecule has 0 radical (unpaired) electrons. The fourth-order valence-electron chi connectivity index (χ4n) is 4.31. The van der Waals surface area contributed by atoms with E-state index in [2.05, 4.69) is 36.1 Å². The summed E-state index contributed by atoms with van der Waals surface area (Å²) in [5.41, 5.74) is 0.643. The summed E-state index contributed by atoms with van der Waals surface area (Å²) in [4.78, 5) is 11.1. The van der Waals surface area contributed by atoms with Gasteiger partial charge in [-0.05, 0) is 28.1 Å². The van der Waals surface area contributed by atoms with Crippen molar-refractivity contribution in [1.29, 1.82) is 0 Å². The van der Waals surface area contributed by atoms with Crippen LogP contribution in [0.4, 0.5) is 10.2 Å². The highest BCUT2D eigenvalue weighted by Crippen LogP contribution is 2.36. The number of fused-ring (bicyclic) bond motifs is 2. The van der Waals surface area contributed by atoms with E-state index >= 15 is 0 Å². The van der Waals surface area contributed by atoms with E-state index in [0.717, 1.165) is 19.7 Å². The number of hydrogen-bond donors (Lipinski definition) is 1. The minimum Gasteiger partial charge on any atom is -0.493 e. The van der Waals surface area contributed by atoms with Crippen LogP contribution >= 0.6 is 27.5 Å². The smallest absolute Gasteiger partial charge is 0.163 e. The Hall–Kier alpha value is -1.98. The molecular formula is C23H25BrClFN4O4. The summed E-state index contributed by atoms with van der Waals surface area (Å²) in [7, 11) is 1.57. The third-order valence-electron chi connectivity index (χ3n) is 6.20. The molecule has 2 aliphatic heterocycles. The highest BCUT2D eigenvalue weighted by Gasteiger charge is 2.32. The predicted octanol–water partition coefficient (Wildman–Crippen LogP) is 3.65. The third-order valence-corrected chi connectivity index (χ3v) is 7.53. The highest BCUT2D eigenvalue weighted by molar-refractivity contribution is 9.12. The molecule has 1 N–H and O–H groups in total. The monoisotopic (exact) mass is 554 g/mol. The molecule has 3 aliphatic rings. The molecule has 5 rings (SSSR count). The van der Waals surface area contributed by atoms with Crippen molar-refractivity contribution in [1.82, 2.24) is 14.9 Å². The molecule has 1 aliphatic carbocycles. The lowest BCUT2D eigenvalue weighted by Crippen LogP contribution is -2.56. The summed E-state index contributed by atoms with van der Waals surface area (Å²) in [6.07, 6.45) is 3.40. The first-order valence-electron chi connectivity index (χ1n) is 11.1. The van der Waals surface area contributed by atoms with Gasteiger partial charge < -0.3 is 24.3 Å². The maximum Gasteiger partial charge on any atom is 0.163 e. The number of benzene rings is 1. The second kappa shape index (κ2) is 10.3. The largest absolute Gasteiger partial charge is 0.493 e. The molecule has 4 atom stereocenters. The number of nitrogens with zero attached hydrogens (tertiary/aromatic N) is 3. The van der Waals surface area contributed by atoms with E-state index < -0.39 is 12.2 Å². The molecule has 34 heavy (non-hydrogen) atoms. The average molecular weight is 556 g/mol. The molecule has 0 saturated carbocycles. The molecule has 2 aromatic rings. The van der Waals surface area contributed by atoms with E-state index in [1.807, 2.05) is 0 Å². The van der Waals surface area contributed by atoms with E-state index in [4.69, 9.17) is 30.5 Å². The normalized spacial score (nSPS) is 27.5. The molecule has 11 heteroatoms. The van der Waals surface area contributed by atoms with Gasteiger partial charge >= 0.3 is 0 Å². The van der Waals surface area contributed by atoms with Crippen LogP contribution in [0.2, 0.25) is 0 Å². The van der Waals surface area contributed by atoms with Gasteiger partial charge in [0.15, 0.2) is 17.7 Å². The first-order valence-corrected chi connectivity index (χ1v) is 12.2. The SMILES string of the molecule is COc1cc2c(NC3C=CC(Br)=C(Cl)C3F)ncnc2cc1OCC1CN2CCOCC2CO1. The maximum absolute atomic E-state index is 14.7. The van der Waals surface area contributed by atoms with Gasteiger partial charge in [-0.3, -0.25) is 4.90 Å². The van der Waals surface area contributed by atoms with E-state index in [1.54, 1.807) is 31.4 Å². The van der Waals surface area contributed by atoms with E-state index in [-0.39, 0.29) is 11.1 Å². The number of hydrogen-bond acceptors (Lipinski definition) is 8. The number of allylic oxidation sites excluding steroid dienone is 2. The van der Waals surface area contributed by atoms with Crippen LogP contribution in [0.5, 0.6) is 11.5 Å². The Bertz CT molecular complexity index is 1120. The standard InChI is InChI=1S/C23H25BrClFN4O4/c1-31-19-6-15-18(27-12-28-23(15)29-17-3-2-16(24)21(25)22(17)26)7-20(19)34-11-14-8-30-4-5-32-9-13(30)10-33-14/h2-3,6-7,12-14,17,22H,4-5,8-11H2,1H3,(H,27,28,29). The molecule has 2 fully saturated rings. The molecule has 1 aromatic heterocycles. The fraction of sp³-hybridized carbons (Fsp3) is 0.478. The quantitative estimate of drug-likeness (QED) is 0.579. The van der Waals surface area contributed by atoms with Crippen molar-refractivity contribution < 1.29 is 23.3 Å². The zero-order valence-electron chi connectivity index (χ0n) is 18.5. The lowest BCUT2D eigenvalue weighted by Gasteiger charge is -2.41. The molecule has 0 spiro atoms. The second-order valence-corrected chi connectivity index (χ2v) is 9.62. The van der Waals surface area contributed by atoms with Crippen LogP contribution in [0.3, 0.4) is 0 Å². The topological polar surface area (TPSA) is 78.0 Å². The van der Waals surface area contributed by atoms with Gasteiger partial charge in [-0.25, -0.2) is 14.4 Å². The minimum absolute atomic E-state index is 0.0471. The number of nitrogens with one attached hydrogen (secondary N) is 1. The molecule has 3 heterocycles. The van der Waals surface area contributed by atoms with Crippen LogP contribution in [0, 0.1) is 0 Å². The van der Waals surface area contributed by atoms with Crippen LogP contribution in [-0.2, 0) is 9.47 Å². The molecule has 0 amide bonds. The molecule has 1 aromatic carbocycles. The highest BCUT2D eigenvalue weighted by atomic mass is 79.9. The van der Waals surface area contributed by atoms with Crippen molar-refractivity contribution in [2.24, 2.45) is 0 Å². The molecule has 0 bridgehead atoms. The number of ether oxygens (including phenoxy) is 4. The Kier molecular flexibility index (Phi) is 7.22. The van der Waals surface area contributed by atoms with Gasteiger partial charge in [0, 0.05) is 29.0 Å². The molecular weight excluding hydrogens is 531 g/mol. The second-order valence-electron chi connectivity index (χ2n) is 8.36. The number of rotatable bonds is 6. The Morgan fingerprint density at radius 2 is 2.18 bits per heavy atom. The summed E-state index contributed by atoms with van der Waals surface area (Å²) >= 11 is 9.33. The van der Waals surface area contributed by atoms with Crippen molar-refractivity contribution in [2.45, 2.75) is 24.4 Å².